The van der Waals surface area contributed by atoms with Crippen LogP contribution in [0, 0.1) is 0 Å². The van der Waals surface area contributed by atoms with Gasteiger partial charge in [-0.2, -0.15) is 0 Å². The van der Waals surface area contributed by atoms with Crippen LogP contribution >= 0.6 is 11.6 Å². The molecule has 0 aliphatic heterocycles. The molecular weight excluding hydrogens is 328 g/mol. The van der Waals surface area contributed by atoms with Gasteiger partial charge in [0.1, 0.15) is 5.75 Å². The molecule has 5 nitrogen and oxygen atoms in total. The number of methoxy groups -OCH3 is 1. The molecule has 0 radical (unpaired) electrons. The maximum atomic E-state index is 12.0. The summed E-state index contributed by atoms with van der Waals surface area (Å²) in [6.45, 7) is 1.84. The number of benzene rings is 2. The Bertz CT molecular complexity index is 734. The van der Waals surface area contributed by atoms with Gasteiger partial charge >= 0.3 is 11.8 Å². The molecule has 2 aromatic rings. The second-order valence-corrected chi connectivity index (χ2v) is 5.83. The standard InChI is InChI=1S/C18H19ClN2O3/c1-12(9-13-5-3-8-16(10-13)24-2)20-17(22)18(23)21-15-7-4-6-14(19)11-15/h3-8,10-12H,9H2,1-2H3,(H,20,22)(H,21,23)/t12-/m1/s1. The van der Waals surface area contributed by atoms with Crippen molar-refractivity contribution in [1.82, 2.24) is 5.32 Å². The van der Waals surface area contributed by atoms with E-state index in [1.807, 2.05) is 31.2 Å². The molecular formula is C18H19ClN2O3. The van der Waals surface area contributed by atoms with Crippen molar-refractivity contribution in [3.8, 4) is 5.75 Å². The summed E-state index contributed by atoms with van der Waals surface area (Å²) in [4.78, 5) is 23.9. The van der Waals surface area contributed by atoms with Crippen LogP contribution in [0.1, 0.15) is 12.5 Å². The maximum absolute atomic E-state index is 12.0. The van der Waals surface area contributed by atoms with E-state index in [4.69, 9.17) is 16.3 Å². The number of nitrogens with one attached hydrogen (secondary N) is 2. The monoisotopic (exact) mass is 346 g/mol. The first-order chi connectivity index (χ1) is 11.5. The summed E-state index contributed by atoms with van der Waals surface area (Å²) in [5, 5.41) is 5.68. The molecule has 0 saturated heterocycles. The van der Waals surface area contributed by atoms with E-state index in [2.05, 4.69) is 10.6 Å². The fourth-order valence-electron chi connectivity index (χ4n) is 2.25. The van der Waals surface area contributed by atoms with Crippen LogP contribution in [0.4, 0.5) is 5.69 Å². The van der Waals surface area contributed by atoms with Crippen LogP contribution in [0.25, 0.3) is 0 Å². The predicted octanol–water partition coefficient (Wildman–Crippen LogP) is 3.03. The van der Waals surface area contributed by atoms with Gasteiger partial charge in [-0.05, 0) is 49.2 Å². The van der Waals surface area contributed by atoms with Crippen LogP contribution in [-0.4, -0.2) is 25.0 Å². The van der Waals surface area contributed by atoms with Crippen molar-refractivity contribution >= 4 is 29.1 Å². The first kappa shape index (κ1) is 17.8. The molecule has 0 unspecified atom stereocenters. The maximum Gasteiger partial charge on any atom is 0.313 e. The third kappa shape index (κ3) is 5.28. The summed E-state index contributed by atoms with van der Waals surface area (Å²) < 4.78 is 5.17. The molecule has 0 saturated carbocycles. The van der Waals surface area contributed by atoms with Crippen LogP contribution in [0.5, 0.6) is 5.75 Å². The Morgan fingerprint density at radius 2 is 1.88 bits per heavy atom. The minimum absolute atomic E-state index is 0.199. The van der Waals surface area contributed by atoms with E-state index in [0.717, 1.165) is 11.3 Å². The Hall–Kier alpha value is -2.53. The highest BCUT2D eigenvalue weighted by Crippen LogP contribution is 2.15. The number of carbonyl (C=O) groups excluding carboxylic acids is 2. The Balaban J connectivity index is 1.89. The molecule has 0 heterocycles. The number of hydrogen-bond acceptors (Lipinski definition) is 3. The van der Waals surface area contributed by atoms with Gasteiger partial charge in [0, 0.05) is 16.8 Å². The summed E-state index contributed by atoms with van der Waals surface area (Å²) in [7, 11) is 1.60. The third-order valence-corrected chi connectivity index (χ3v) is 3.58. The molecule has 6 heteroatoms. The molecule has 2 amide bonds. The van der Waals surface area contributed by atoms with Crippen molar-refractivity contribution in [2.24, 2.45) is 0 Å². The molecule has 2 rings (SSSR count). The van der Waals surface area contributed by atoms with Gasteiger partial charge in [0.15, 0.2) is 0 Å². The van der Waals surface area contributed by atoms with E-state index in [-0.39, 0.29) is 6.04 Å². The van der Waals surface area contributed by atoms with Gasteiger partial charge in [0.05, 0.1) is 7.11 Å². The quantitative estimate of drug-likeness (QED) is 0.818. The SMILES string of the molecule is COc1cccc(C[C@@H](C)NC(=O)C(=O)Nc2cccc(Cl)c2)c1. The van der Waals surface area contributed by atoms with Crippen LogP contribution in [-0.2, 0) is 16.0 Å². The molecule has 0 aromatic heterocycles. The minimum atomic E-state index is -0.727. The van der Waals surface area contributed by atoms with Gasteiger partial charge in [0.2, 0.25) is 0 Å². The van der Waals surface area contributed by atoms with Crippen LogP contribution < -0.4 is 15.4 Å². The van der Waals surface area contributed by atoms with Crippen LogP contribution in [0.15, 0.2) is 48.5 Å². The van der Waals surface area contributed by atoms with Gasteiger partial charge in [0.25, 0.3) is 0 Å². The van der Waals surface area contributed by atoms with Crippen molar-refractivity contribution < 1.29 is 14.3 Å². The fraction of sp³-hybridized carbons (Fsp3) is 0.222. The zero-order valence-corrected chi connectivity index (χ0v) is 14.3. The summed E-state index contributed by atoms with van der Waals surface area (Å²) in [5.74, 6) is -0.662. The Morgan fingerprint density at radius 3 is 2.58 bits per heavy atom. The highest BCUT2D eigenvalue weighted by Gasteiger charge is 2.16. The van der Waals surface area contributed by atoms with Crippen molar-refractivity contribution in [3.63, 3.8) is 0 Å². The molecule has 1 atom stereocenters. The second kappa shape index (κ2) is 8.36. The van der Waals surface area contributed by atoms with E-state index in [1.54, 1.807) is 31.4 Å². The molecule has 24 heavy (non-hydrogen) atoms. The lowest BCUT2D eigenvalue weighted by molar-refractivity contribution is -0.136. The average molecular weight is 347 g/mol. The number of amides is 2. The predicted molar refractivity (Wildman–Crippen MR) is 94.4 cm³/mol. The van der Waals surface area contributed by atoms with E-state index in [9.17, 15) is 9.59 Å². The molecule has 126 valence electrons. The summed E-state index contributed by atoms with van der Waals surface area (Å²) in [6, 6.07) is 14.0. The smallest absolute Gasteiger partial charge is 0.313 e. The zero-order chi connectivity index (χ0) is 17.5. The van der Waals surface area contributed by atoms with Gasteiger partial charge in [-0.1, -0.05) is 29.8 Å². The fourth-order valence-corrected chi connectivity index (χ4v) is 2.44. The Morgan fingerprint density at radius 1 is 1.12 bits per heavy atom. The summed E-state index contributed by atoms with van der Waals surface area (Å²) in [6.07, 6.45) is 0.591. The van der Waals surface area contributed by atoms with Gasteiger partial charge in [-0.15, -0.1) is 0 Å². The van der Waals surface area contributed by atoms with Gasteiger partial charge in [-0.3, -0.25) is 9.59 Å². The molecule has 2 aromatic carbocycles. The molecule has 0 aliphatic rings. The second-order valence-electron chi connectivity index (χ2n) is 5.39. The molecule has 0 spiro atoms. The van der Waals surface area contributed by atoms with Crippen LogP contribution in [0.2, 0.25) is 5.02 Å². The highest BCUT2D eigenvalue weighted by atomic mass is 35.5. The highest BCUT2D eigenvalue weighted by molar-refractivity contribution is 6.40. The van der Waals surface area contributed by atoms with Crippen molar-refractivity contribution in [3.05, 3.63) is 59.1 Å². The lowest BCUT2D eigenvalue weighted by Gasteiger charge is -2.14. The Labute approximate surface area is 146 Å². The van der Waals surface area contributed by atoms with Crippen LogP contribution in [0.3, 0.4) is 0 Å². The lowest BCUT2D eigenvalue weighted by Crippen LogP contribution is -2.41. The third-order valence-electron chi connectivity index (χ3n) is 3.34. The molecule has 2 N–H and O–H groups in total. The number of anilines is 1. The largest absolute Gasteiger partial charge is 0.497 e. The first-order valence-corrected chi connectivity index (χ1v) is 7.86. The summed E-state index contributed by atoms with van der Waals surface area (Å²) >= 11 is 5.85. The number of carbonyl (C=O) groups is 2. The van der Waals surface area contributed by atoms with Crippen molar-refractivity contribution in [1.29, 1.82) is 0 Å². The van der Waals surface area contributed by atoms with Crippen molar-refractivity contribution in [2.45, 2.75) is 19.4 Å². The lowest BCUT2D eigenvalue weighted by atomic mass is 10.1. The number of halogens is 1. The normalized spacial score (nSPS) is 11.5. The Kier molecular flexibility index (Phi) is 6.21. The molecule has 0 bridgehead atoms. The topological polar surface area (TPSA) is 67.4 Å². The summed E-state index contributed by atoms with van der Waals surface area (Å²) in [5.41, 5.74) is 1.49. The molecule has 0 fully saturated rings. The van der Waals surface area contributed by atoms with E-state index >= 15 is 0 Å². The first-order valence-electron chi connectivity index (χ1n) is 7.48. The minimum Gasteiger partial charge on any atom is -0.497 e. The van der Waals surface area contributed by atoms with E-state index < -0.39 is 11.8 Å². The van der Waals surface area contributed by atoms with Gasteiger partial charge in [-0.25, -0.2) is 0 Å². The number of ether oxygens (including phenoxy) is 1. The zero-order valence-electron chi connectivity index (χ0n) is 13.5. The van der Waals surface area contributed by atoms with Gasteiger partial charge < -0.3 is 15.4 Å². The van der Waals surface area contributed by atoms with E-state index in [0.29, 0.717) is 17.1 Å². The van der Waals surface area contributed by atoms with Crippen molar-refractivity contribution in [2.75, 3.05) is 12.4 Å². The average Bonchev–Trinajstić information content (AvgIpc) is 2.54. The van der Waals surface area contributed by atoms with E-state index in [1.165, 1.54) is 0 Å². The number of hydrogen-bond donors (Lipinski definition) is 2. The number of rotatable bonds is 5. The molecule has 0 aliphatic carbocycles.